The molecule has 1 aromatic carbocycles. The number of halogens is 1. The lowest BCUT2D eigenvalue weighted by Crippen LogP contribution is -2.35. The highest BCUT2D eigenvalue weighted by Gasteiger charge is 2.20. The fourth-order valence-electron chi connectivity index (χ4n) is 2.60. The first kappa shape index (κ1) is 16.2. The molecule has 1 aromatic rings. The minimum Gasteiger partial charge on any atom is -0.491 e. The molecule has 118 valence electrons. The molecule has 0 spiro atoms. The van der Waals surface area contributed by atoms with Crippen molar-refractivity contribution >= 4 is 0 Å². The van der Waals surface area contributed by atoms with Gasteiger partial charge in [-0.25, -0.2) is 4.39 Å². The second kappa shape index (κ2) is 8.32. The Morgan fingerprint density at radius 3 is 2.86 bits per heavy atom. The zero-order chi connectivity index (χ0) is 15.1. The molecule has 2 atom stereocenters. The highest BCUT2D eigenvalue weighted by atomic mass is 19.1. The topological polar surface area (TPSA) is 44.7 Å². The molecule has 0 aliphatic carbocycles. The average molecular weight is 296 g/mol. The van der Waals surface area contributed by atoms with Crippen molar-refractivity contribution in [2.75, 3.05) is 39.3 Å². The largest absolute Gasteiger partial charge is 0.491 e. The Kier molecular flexibility index (Phi) is 6.42. The van der Waals surface area contributed by atoms with Gasteiger partial charge in [-0.15, -0.1) is 0 Å². The monoisotopic (exact) mass is 296 g/mol. The van der Waals surface area contributed by atoms with Gasteiger partial charge in [0, 0.05) is 13.1 Å². The lowest BCUT2D eigenvalue weighted by atomic mass is 10.1. The Morgan fingerprint density at radius 2 is 2.19 bits per heavy atom. The van der Waals surface area contributed by atoms with Crippen molar-refractivity contribution in [3.8, 4) is 5.75 Å². The normalized spacial score (nSPS) is 20.6. The van der Waals surface area contributed by atoms with Crippen LogP contribution in [0.5, 0.6) is 5.75 Å². The summed E-state index contributed by atoms with van der Waals surface area (Å²) in [6.45, 7) is 7.29. The zero-order valence-corrected chi connectivity index (χ0v) is 12.6. The fraction of sp³-hybridized carbons (Fsp3) is 0.625. The quantitative estimate of drug-likeness (QED) is 0.763. The molecule has 0 saturated carbocycles. The van der Waals surface area contributed by atoms with Crippen LogP contribution in [-0.4, -0.2) is 55.4 Å². The standard InChI is InChI=1S/C16H25FN2O2/c1-2-19-8-7-13(11-19)9-18-10-15(20)12-21-16-5-3-14(17)4-6-16/h3-6,13,15,18,20H,2,7-12H2,1H3. The second-order valence-corrected chi connectivity index (χ2v) is 5.62. The van der Waals surface area contributed by atoms with E-state index in [0.717, 1.165) is 19.6 Å². The number of nitrogens with one attached hydrogen (secondary N) is 1. The summed E-state index contributed by atoms with van der Waals surface area (Å²) in [7, 11) is 0. The third kappa shape index (κ3) is 5.61. The van der Waals surface area contributed by atoms with E-state index in [4.69, 9.17) is 4.74 Å². The third-order valence-corrected chi connectivity index (χ3v) is 3.89. The van der Waals surface area contributed by atoms with Gasteiger partial charge in [-0.3, -0.25) is 0 Å². The first-order valence-electron chi connectivity index (χ1n) is 7.67. The molecule has 0 radical (unpaired) electrons. The van der Waals surface area contributed by atoms with Crippen LogP contribution in [0.4, 0.5) is 4.39 Å². The number of ether oxygens (including phenoxy) is 1. The van der Waals surface area contributed by atoms with Crippen molar-refractivity contribution in [3.63, 3.8) is 0 Å². The first-order chi connectivity index (χ1) is 10.2. The summed E-state index contributed by atoms with van der Waals surface area (Å²) >= 11 is 0. The molecular weight excluding hydrogens is 271 g/mol. The molecule has 2 unspecified atom stereocenters. The Morgan fingerprint density at radius 1 is 1.43 bits per heavy atom. The Hall–Kier alpha value is -1.17. The summed E-state index contributed by atoms with van der Waals surface area (Å²) in [5.74, 6) is 0.960. The summed E-state index contributed by atoms with van der Waals surface area (Å²) in [4.78, 5) is 2.44. The van der Waals surface area contributed by atoms with Crippen LogP contribution in [0.25, 0.3) is 0 Å². The fourth-order valence-corrected chi connectivity index (χ4v) is 2.60. The van der Waals surface area contributed by atoms with Crippen LogP contribution >= 0.6 is 0 Å². The van der Waals surface area contributed by atoms with E-state index in [-0.39, 0.29) is 12.4 Å². The molecule has 21 heavy (non-hydrogen) atoms. The number of hydrogen-bond acceptors (Lipinski definition) is 4. The van der Waals surface area contributed by atoms with Crippen LogP contribution < -0.4 is 10.1 Å². The summed E-state index contributed by atoms with van der Waals surface area (Å²) in [6.07, 6.45) is 0.668. The number of aliphatic hydroxyl groups excluding tert-OH is 1. The van der Waals surface area contributed by atoms with E-state index in [0.29, 0.717) is 18.2 Å². The van der Waals surface area contributed by atoms with Gasteiger partial charge in [0.25, 0.3) is 0 Å². The molecule has 0 aromatic heterocycles. The highest BCUT2D eigenvalue weighted by molar-refractivity contribution is 5.22. The highest BCUT2D eigenvalue weighted by Crippen LogP contribution is 2.14. The maximum Gasteiger partial charge on any atom is 0.123 e. The molecule has 2 N–H and O–H groups in total. The van der Waals surface area contributed by atoms with Gasteiger partial charge in [-0.2, -0.15) is 0 Å². The van der Waals surface area contributed by atoms with Gasteiger partial charge in [0.1, 0.15) is 24.3 Å². The molecular formula is C16H25FN2O2. The van der Waals surface area contributed by atoms with Gasteiger partial charge < -0.3 is 20.1 Å². The van der Waals surface area contributed by atoms with Crippen molar-refractivity contribution in [2.45, 2.75) is 19.4 Å². The smallest absolute Gasteiger partial charge is 0.123 e. The summed E-state index contributed by atoms with van der Waals surface area (Å²) in [6, 6.07) is 5.82. The molecule has 0 bridgehead atoms. The zero-order valence-electron chi connectivity index (χ0n) is 12.6. The lowest BCUT2D eigenvalue weighted by molar-refractivity contribution is 0.105. The number of aliphatic hydroxyl groups is 1. The van der Waals surface area contributed by atoms with Crippen molar-refractivity contribution in [2.24, 2.45) is 5.92 Å². The predicted molar refractivity (Wildman–Crippen MR) is 81.0 cm³/mol. The molecule has 1 fully saturated rings. The lowest BCUT2D eigenvalue weighted by Gasteiger charge is -2.16. The number of benzene rings is 1. The molecule has 1 saturated heterocycles. The molecule has 2 rings (SSSR count). The van der Waals surface area contributed by atoms with E-state index in [9.17, 15) is 9.50 Å². The molecule has 5 heteroatoms. The number of nitrogens with zero attached hydrogens (tertiary/aromatic N) is 1. The van der Waals surface area contributed by atoms with Crippen LogP contribution in [0.1, 0.15) is 13.3 Å². The van der Waals surface area contributed by atoms with Gasteiger partial charge in [0.2, 0.25) is 0 Å². The van der Waals surface area contributed by atoms with Crippen molar-refractivity contribution in [3.05, 3.63) is 30.1 Å². The molecule has 0 amide bonds. The number of likely N-dealkylation sites (tertiary alicyclic amines) is 1. The van der Waals surface area contributed by atoms with Crippen molar-refractivity contribution in [1.82, 2.24) is 10.2 Å². The van der Waals surface area contributed by atoms with Gasteiger partial charge in [0.15, 0.2) is 0 Å². The van der Waals surface area contributed by atoms with E-state index in [2.05, 4.69) is 17.1 Å². The third-order valence-electron chi connectivity index (χ3n) is 3.89. The van der Waals surface area contributed by atoms with Crippen LogP contribution in [0.2, 0.25) is 0 Å². The molecule has 1 aliphatic heterocycles. The van der Waals surface area contributed by atoms with Crippen LogP contribution in [0.3, 0.4) is 0 Å². The van der Waals surface area contributed by atoms with E-state index in [1.807, 2.05) is 0 Å². The summed E-state index contributed by atoms with van der Waals surface area (Å²) < 4.78 is 18.1. The van der Waals surface area contributed by atoms with Crippen molar-refractivity contribution < 1.29 is 14.2 Å². The number of rotatable bonds is 8. The summed E-state index contributed by atoms with van der Waals surface area (Å²) in [5, 5.41) is 13.2. The van der Waals surface area contributed by atoms with E-state index < -0.39 is 6.10 Å². The summed E-state index contributed by atoms with van der Waals surface area (Å²) in [5.41, 5.74) is 0. The van der Waals surface area contributed by atoms with E-state index in [1.165, 1.54) is 25.1 Å². The van der Waals surface area contributed by atoms with Gasteiger partial charge in [-0.1, -0.05) is 6.92 Å². The van der Waals surface area contributed by atoms with Crippen LogP contribution in [0, 0.1) is 11.7 Å². The van der Waals surface area contributed by atoms with Gasteiger partial charge >= 0.3 is 0 Å². The maximum atomic E-state index is 12.7. The Labute approximate surface area is 125 Å². The first-order valence-corrected chi connectivity index (χ1v) is 7.67. The van der Waals surface area contributed by atoms with Crippen LogP contribution in [0.15, 0.2) is 24.3 Å². The molecule has 1 aliphatic rings. The van der Waals surface area contributed by atoms with Gasteiger partial charge in [0.05, 0.1) is 0 Å². The van der Waals surface area contributed by atoms with E-state index in [1.54, 1.807) is 12.1 Å². The minimum absolute atomic E-state index is 0.213. The maximum absolute atomic E-state index is 12.7. The van der Waals surface area contributed by atoms with E-state index >= 15 is 0 Å². The molecule has 4 nitrogen and oxygen atoms in total. The Bertz CT molecular complexity index is 413. The van der Waals surface area contributed by atoms with Crippen LogP contribution in [-0.2, 0) is 0 Å². The van der Waals surface area contributed by atoms with Gasteiger partial charge in [-0.05, 0) is 56.2 Å². The average Bonchev–Trinajstić information content (AvgIpc) is 2.95. The predicted octanol–water partition coefficient (Wildman–Crippen LogP) is 1.50. The second-order valence-electron chi connectivity index (χ2n) is 5.62. The molecule has 1 heterocycles. The SMILES string of the molecule is CCN1CCC(CNCC(O)COc2ccc(F)cc2)C1. The Balaban J connectivity index is 1.57. The number of hydrogen-bond donors (Lipinski definition) is 2. The van der Waals surface area contributed by atoms with Crippen molar-refractivity contribution in [1.29, 1.82) is 0 Å². The minimum atomic E-state index is -0.557.